The normalized spacial score (nSPS) is 25.0. The quantitative estimate of drug-likeness (QED) is 0.781. The Kier molecular flexibility index (Phi) is 5.18. The molecular formula is C15H23N3O3. The number of likely N-dealkylation sites (tertiary alicyclic amines) is 1. The van der Waals surface area contributed by atoms with Crippen molar-refractivity contribution < 1.29 is 14.3 Å². The highest BCUT2D eigenvalue weighted by atomic mass is 16.5. The molecular weight excluding hydrogens is 270 g/mol. The van der Waals surface area contributed by atoms with Crippen LogP contribution in [0.5, 0.6) is 0 Å². The number of rotatable bonds is 4. The Hall–Kier alpha value is -1.61. The van der Waals surface area contributed by atoms with Crippen molar-refractivity contribution in [3.05, 3.63) is 0 Å². The molecule has 0 spiro atoms. The first-order valence-corrected chi connectivity index (χ1v) is 7.64. The summed E-state index contributed by atoms with van der Waals surface area (Å²) in [6.45, 7) is 0.871. The van der Waals surface area contributed by atoms with Crippen LogP contribution in [0.15, 0.2) is 0 Å². The topological polar surface area (TPSA) is 82.4 Å². The lowest BCUT2D eigenvalue weighted by Crippen LogP contribution is -2.52. The van der Waals surface area contributed by atoms with Gasteiger partial charge in [-0.25, -0.2) is 0 Å². The fourth-order valence-corrected chi connectivity index (χ4v) is 3.33. The molecule has 1 saturated carbocycles. The fraction of sp³-hybridized carbons (Fsp3) is 0.800. The molecule has 1 amide bonds. The molecule has 21 heavy (non-hydrogen) atoms. The Balaban J connectivity index is 1.92. The van der Waals surface area contributed by atoms with Gasteiger partial charge in [-0.15, -0.1) is 0 Å². The molecule has 2 fully saturated rings. The minimum atomic E-state index is -0.712. The summed E-state index contributed by atoms with van der Waals surface area (Å²) < 4.78 is 4.77. The second-order valence-electron chi connectivity index (χ2n) is 5.95. The van der Waals surface area contributed by atoms with Gasteiger partial charge in [0.25, 0.3) is 0 Å². The molecule has 1 saturated heterocycles. The highest BCUT2D eigenvalue weighted by Crippen LogP contribution is 2.27. The number of carbonyl (C=O) groups is 2. The van der Waals surface area contributed by atoms with Gasteiger partial charge in [0.15, 0.2) is 0 Å². The fourth-order valence-electron chi connectivity index (χ4n) is 3.33. The number of nitrogens with one attached hydrogen (secondary N) is 1. The second kappa shape index (κ2) is 6.90. The first-order valence-electron chi connectivity index (χ1n) is 7.64. The maximum Gasteiger partial charge on any atom is 0.323 e. The van der Waals surface area contributed by atoms with Crippen LogP contribution in [-0.2, 0) is 14.3 Å². The van der Waals surface area contributed by atoms with Gasteiger partial charge in [-0.3, -0.25) is 14.5 Å². The van der Waals surface area contributed by atoms with Crippen LogP contribution < -0.4 is 5.32 Å². The molecule has 0 aromatic rings. The van der Waals surface area contributed by atoms with Gasteiger partial charge < -0.3 is 10.1 Å². The highest BCUT2D eigenvalue weighted by Gasteiger charge is 2.36. The number of carbonyl (C=O) groups excluding carboxylic acids is 2. The van der Waals surface area contributed by atoms with Gasteiger partial charge in [-0.2, -0.15) is 5.26 Å². The van der Waals surface area contributed by atoms with E-state index in [4.69, 9.17) is 4.74 Å². The summed E-state index contributed by atoms with van der Waals surface area (Å²) in [4.78, 5) is 25.7. The standard InChI is InChI=1S/C15H23N3O3/c1-21-14(20)12-6-5-9-18(12)10-13(19)17-15(11-16)7-3-2-4-8-15/h12H,2-10H2,1H3,(H,17,19). The van der Waals surface area contributed by atoms with E-state index in [-0.39, 0.29) is 24.5 Å². The van der Waals surface area contributed by atoms with E-state index >= 15 is 0 Å². The van der Waals surface area contributed by atoms with Gasteiger partial charge in [-0.1, -0.05) is 19.3 Å². The Labute approximate surface area is 125 Å². The number of nitriles is 1. The summed E-state index contributed by atoms with van der Waals surface area (Å²) in [6, 6.07) is 1.95. The summed E-state index contributed by atoms with van der Waals surface area (Å²) in [6.07, 6.45) is 6.12. The monoisotopic (exact) mass is 293 g/mol. The zero-order chi connectivity index (χ0) is 15.3. The molecule has 6 nitrogen and oxygen atoms in total. The van der Waals surface area contributed by atoms with Crippen molar-refractivity contribution in [1.82, 2.24) is 10.2 Å². The lowest BCUT2D eigenvalue weighted by Gasteiger charge is -2.32. The van der Waals surface area contributed by atoms with E-state index in [0.717, 1.165) is 44.9 Å². The molecule has 6 heteroatoms. The Morgan fingerprint density at radius 1 is 1.33 bits per heavy atom. The maximum absolute atomic E-state index is 12.2. The molecule has 1 aliphatic carbocycles. The van der Waals surface area contributed by atoms with Crippen molar-refractivity contribution in [2.75, 3.05) is 20.2 Å². The van der Waals surface area contributed by atoms with Gasteiger partial charge in [0, 0.05) is 0 Å². The van der Waals surface area contributed by atoms with E-state index in [2.05, 4.69) is 11.4 Å². The first kappa shape index (κ1) is 15.8. The minimum absolute atomic E-state index is 0.156. The molecule has 116 valence electrons. The number of amides is 1. The van der Waals surface area contributed by atoms with Gasteiger partial charge in [-0.05, 0) is 32.2 Å². The van der Waals surface area contributed by atoms with Gasteiger partial charge in [0.1, 0.15) is 11.6 Å². The van der Waals surface area contributed by atoms with Gasteiger partial charge in [0.05, 0.1) is 19.7 Å². The SMILES string of the molecule is COC(=O)C1CCCN1CC(=O)NC1(C#N)CCCCC1. The van der Waals surface area contributed by atoms with Crippen LogP contribution in [0, 0.1) is 11.3 Å². The van der Waals surface area contributed by atoms with E-state index in [0.29, 0.717) is 6.54 Å². The minimum Gasteiger partial charge on any atom is -0.468 e. The van der Waals surface area contributed by atoms with E-state index in [1.165, 1.54) is 7.11 Å². The van der Waals surface area contributed by atoms with Crippen LogP contribution in [0.4, 0.5) is 0 Å². The molecule has 0 aromatic carbocycles. The largest absolute Gasteiger partial charge is 0.468 e. The average Bonchev–Trinajstić information content (AvgIpc) is 2.95. The number of methoxy groups -OCH3 is 1. The molecule has 1 heterocycles. The number of hydrogen-bond donors (Lipinski definition) is 1. The van der Waals surface area contributed by atoms with E-state index < -0.39 is 5.54 Å². The van der Waals surface area contributed by atoms with Crippen molar-refractivity contribution in [1.29, 1.82) is 5.26 Å². The summed E-state index contributed by atoms with van der Waals surface area (Å²) in [5.41, 5.74) is -0.712. The molecule has 0 aromatic heterocycles. The van der Waals surface area contributed by atoms with Crippen molar-refractivity contribution in [2.24, 2.45) is 0 Å². The number of hydrogen-bond acceptors (Lipinski definition) is 5. The first-order chi connectivity index (χ1) is 10.1. The molecule has 2 rings (SSSR count). The Bertz CT molecular complexity index is 438. The van der Waals surface area contributed by atoms with E-state index in [1.54, 1.807) is 0 Å². The molecule has 0 radical (unpaired) electrons. The smallest absolute Gasteiger partial charge is 0.323 e. The van der Waals surface area contributed by atoms with Crippen LogP contribution in [0.3, 0.4) is 0 Å². The third-order valence-electron chi connectivity index (χ3n) is 4.48. The number of esters is 1. The summed E-state index contributed by atoms with van der Waals surface area (Å²) in [5.74, 6) is -0.456. The van der Waals surface area contributed by atoms with Crippen molar-refractivity contribution in [3.8, 4) is 6.07 Å². The lowest BCUT2D eigenvalue weighted by atomic mass is 9.83. The third-order valence-corrected chi connectivity index (χ3v) is 4.48. The number of ether oxygens (including phenoxy) is 1. The van der Waals surface area contributed by atoms with Crippen molar-refractivity contribution in [3.63, 3.8) is 0 Å². The zero-order valence-corrected chi connectivity index (χ0v) is 12.6. The Morgan fingerprint density at radius 2 is 2.05 bits per heavy atom. The summed E-state index contributed by atoms with van der Waals surface area (Å²) in [7, 11) is 1.37. The predicted octanol–water partition coefficient (Wildman–Crippen LogP) is 0.966. The molecule has 1 unspecified atom stereocenters. The zero-order valence-electron chi connectivity index (χ0n) is 12.6. The average molecular weight is 293 g/mol. The second-order valence-corrected chi connectivity index (χ2v) is 5.95. The van der Waals surface area contributed by atoms with Crippen LogP contribution >= 0.6 is 0 Å². The summed E-state index contributed by atoms with van der Waals surface area (Å²) >= 11 is 0. The summed E-state index contributed by atoms with van der Waals surface area (Å²) in [5, 5.41) is 12.3. The van der Waals surface area contributed by atoms with Crippen LogP contribution in [0.25, 0.3) is 0 Å². The van der Waals surface area contributed by atoms with Crippen molar-refractivity contribution >= 4 is 11.9 Å². The van der Waals surface area contributed by atoms with E-state index in [1.807, 2.05) is 4.90 Å². The van der Waals surface area contributed by atoms with Crippen molar-refractivity contribution in [2.45, 2.75) is 56.5 Å². The highest BCUT2D eigenvalue weighted by molar-refractivity contribution is 5.81. The van der Waals surface area contributed by atoms with Gasteiger partial charge in [0.2, 0.25) is 5.91 Å². The molecule has 0 bridgehead atoms. The van der Waals surface area contributed by atoms with E-state index in [9.17, 15) is 14.9 Å². The molecule has 1 aliphatic heterocycles. The molecule has 1 atom stereocenters. The van der Waals surface area contributed by atoms with Crippen LogP contribution in [0.1, 0.15) is 44.9 Å². The van der Waals surface area contributed by atoms with Crippen LogP contribution in [0.2, 0.25) is 0 Å². The van der Waals surface area contributed by atoms with Gasteiger partial charge >= 0.3 is 5.97 Å². The Morgan fingerprint density at radius 3 is 2.67 bits per heavy atom. The third kappa shape index (κ3) is 3.73. The maximum atomic E-state index is 12.2. The molecule has 1 N–H and O–H groups in total. The predicted molar refractivity (Wildman–Crippen MR) is 76.2 cm³/mol. The lowest BCUT2D eigenvalue weighted by molar-refractivity contribution is -0.146. The van der Waals surface area contributed by atoms with Crippen LogP contribution in [-0.4, -0.2) is 48.6 Å². The molecule has 2 aliphatic rings. The number of nitrogens with zero attached hydrogens (tertiary/aromatic N) is 2.